The fourth-order valence-electron chi connectivity index (χ4n) is 2.59. The Bertz CT molecular complexity index is 429. The molecule has 1 aromatic carbocycles. The van der Waals surface area contributed by atoms with Gasteiger partial charge in [0.05, 0.1) is 6.61 Å². The van der Waals surface area contributed by atoms with Gasteiger partial charge in [0.1, 0.15) is 5.75 Å². The second-order valence-electron chi connectivity index (χ2n) is 5.91. The zero-order valence-electron chi connectivity index (χ0n) is 12.2. The predicted molar refractivity (Wildman–Crippen MR) is 80.4 cm³/mol. The minimum absolute atomic E-state index is 0.845. The smallest absolute Gasteiger partial charge is 0.122 e. The summed E-state index contributed by atoms with van der Waals surface area (Å²) in [5.74, 6) is 1.96. The maximum absolute atomic E-state index is 5.62. The molecule has 3 nitrogen and oxygen atoms in total. The van der Waals surface area contributed by atoms with Gasteiger partial charge in [0.25, 0.3) is 0 Å². The fraction of sp³-hybridized carbons (Fsp3) is 0.647. The highest BCUT2D eigenvalue weighted by Gasteiger charge is 2.20. The summed E-state index contributed by atoms with van der Waals surface area (Å²) in [6, 6.07) is 6.59. The molecule has 1 N–H and O–H groups in total. The molecule has 20 heavy (non-hydrogen) atoms. The van der Waals surface area contributed by atoms with Gasteiger partial charge in [-0.15, -0.1) is 0 Å². The van der Waals surface area contributed by atoms with E-state index in [1.165, 1.54) is 24.0 Å². The summed E-state index contributed by atoms with van der Waals surface area (Å²) in [7, 11) is 0. The van der Waals surface area contributed by atoms with Crippen LogP contribution in [0.1, 0.15) is 30.4 Å². The molecular weight excluding hydrogens is 250 g/mol. The monoisotopic (exact) mass is 275 g/mol. The van der Waals surface area contributed by atoms with E-state index in [1.807, 2.05) is 0 Å². The van der Waals surface area contributed by atoms with Crippen LogP contribution in [0, 0.1) is 5.92 Å². The van der Waals surface area contributed by atoms with Crippen molar-refractivity contribution in [3.05, 3.63) is 29.3 Å². The second-order valence-corrected chi connectivity index (χ2v) is 5.91. The molecule has 0 bridgehead atoms. The lowest BCUT2D eigenvalue weighted by Crippen LogP contribution is -2.20. The van der Waals surface area contributed by atoms with Gasteiger partial charge in [-0.1, -0.05) is 12.1 Å². The summed E-state index contributed by atoms with van der Waals surface area (Å²) in [4.78, 5) is 0. The van der Waals surface area contributed by atoms with Crippen LogP contribution in [0.3, 0.4) is 0 Å². The van der Waals surface area contributed by atoms with E-state index in [2.05, 4.69) is 23.5 Å². The van der Waals surface area contributed by atoms with Gasteiger partial charge in [-0.3, -0.25) is 0 Å². The van der Waals surface area contributed by atoms with Crippen LogP contribution < -0.4 is 10.1 Å². The summed E-state index contributed by atoms with van der Waals surface area (Å²) in [5.41, 5.74) is 2.78. The van der Waals surface area contributed by atoms with Gasteiger partial charge in [0.2, 0.25) is 0 Å². The Morgan fingerprint density at radius 1 is 1.25 bits per heavy atom. The quantitative estimate of drug-likeness (QED) is 0.703. The topological polar surface area (TPSA) is 30.5 Å². The lowest BCUT2D eigenvalue weighted by atomic mass is 10.1. The van der Waals surface area contributed by atoms with Gasteiger partial charge < -0.3 is 14.8 Å². The van der Waals surface area contributed by atoms with Gasteiger partial charge in [-0.25, -0.2) is 0 Å². The van der Waals surface area contributed by atoms with Crippen molar-refractivity contribution in [2.24, 2.45) is 5.92 Å². The Labute approximate surface area is 121 Å². The van der Waals surface area contributed by atoms with Crippen molar-refractivity contribution >= 4 is 0 Å². The lowest BCUT2D eigenvalue weighted by molar-refractivity contribution is 0.122. The fourth-order valence-corrected chi connectivity index (χ4v) is 2.59. The first kappa shape index (κ1) is 13.9. The normalized spacial score (nSPS) is 17.0. The van der Waals surface area contributed by atoms with E-state index in [0.717, 1.165) is 63.8 Å². The molecule has 2 aliphatic rings. The van der Waals surface area contributed by atoms with Gasteiger partial charge in [-0.05, 0) is 61.9 Å². The molecule has 3 rings (SSSR count). The van der Waals surface area contributed by atoms with Crippen LogP contribution in [0.25, 0.3) is 0 Å². The summed E-state index contributed by atoms with van der Waals surface area (Å²) in [6.07, 6.45) is 6.03. The van der Waals surface area contributed by atoms with Crippen molar-refractivity contribution in [1.82, 2.24) is 5.32 Å². The number of benzene rings is 1. The van der Waals surface area contributed by atoms with E-state index >= 15 is 0 Å². The molecule has 1 heterocycles. The molecule has 1 aromatic rings. The Kier molecular flexibility index (Phi) is 4.93. The maximum atomic E-state index is 5.62. The zero-order chi connectivity index (χ0) is 13.6. The Balaban J connectivity index is 1.24. The average Bonchev–Trinajstić information content (AvgIpc) is 3.17. The summed E-state index contributed by atoms with van der Waals surface area (Å²) < 4.78 is 11.1. The molecule has 1 aliphatic carbocycles. The van der Waals surface area contributed by atoms with Crippen molar-refractivity contribution in [2.45, 2.75) is 32.1 Å². The van der Waals surface area contributed by atoms with E-state index < -0.39 is 0 Å². The van der Waals surface area contributed by atoms with Gasteiger partial charge in [-0.2, -0.15) is 0 Å². The number of hydrogen-bond acceptors (Lipinski definition) is 3. The number of fused-ring (bicyclic) bond motifs is 1. The van der Waals surface area contributed by atoms with Crippen molar-refractivity contribution in [1.29, 1.82) is 0 Å². The maximum Gasteiger partial charge on any atom is 0.122 e. The predicted octanol–water partition coefficient (Wildman–Crippen LogP) is 2.57. The van der Waals surface area contributed by atoms with E-state index in [4.69, 9.17) is 9.47 Å². The molecule has 0 unspecified atom stereocenters. The first-order chi connectivity index (χ1) is 9.92. The first-order valence-corrected chi connectivity index (χ1v) is 7.95. The second kappa shape index (κ2) is 7.09. The average molecular weight is 275 g/mol. The van der Waals surface area contributed by atoms with Gasteiger partial charge in [0.15, 0.2) is 0 Å². The van der Waals surface area contributed by atoms with E-state index in [-0.39, 0.29) is 0 Å². The minimum atomic E-state index is 0.845. The third-order valence-electron chi connectivity index (χ3n) is 4.04. The minimum Gasteiger partial charge on any atom is -0.493 e. The van der Waals surface area contributed by atoms with Crippen LogP contribution in [-0.4, -0.2) is 32.9 Å². The molecule has 0 atom stereocenters. The third kappa shape index (κ3) is 4.22. The largest absolute Gasteiger partial charge is 0.493 e. The number of nitrogens with one attached hydrogen (secondary N) is 1. The molecule has 0 aromatic heterocycles. The van der Waals surface area contributed by atoms with E-state index in [1.54, 1.807) is 0 Å². The Hall–Kier alpha value is -1.06. The molecule has 0 amide bonds. The number of ether oxygens (including phenoxy) is 2. The first-order valence-electron chi connectivity index (χ1n) is 7.95. The standard InChI is InChI=1S/C17H25NO2/c1(10-19-13-15-2-3-15)8-18-9-6-14-4-5-17-16(12-14)7-11-20-17/h4-5,12,15,18H,1-3,6-11,13H2. The summed E-state index contributed by atoms with van der Waals surface area (Å²) in [5, 5.41) is 3.49. The number of rotatable bonds is 9. The molecule has 0 spiro atoms. The molecule has 0 radical (unpaired) electrons. The molecule has 110 valence electrons. The van der Waals surface area contributed by atoms with Gasteiger partial charge in [0, 0.05) is 19.6 Å². The SMILES string of the molecule is c1cc2c(cc1CCNCCCOCC1CC1)CCO2. The van der Waals surface area contributed by atoms with Gasteiger partial charge >= 0.3 is 0 Å². The van der Waals surface area contributed by atoms with Crippen molar-refractivity contribution < 1.29 is 9.47 Å². The summed E-state index contributed by atoms with van der Waals surface area (Å²) in [6.45, 7) is 4.83. The highest BCUT2D eigenvalue weighted by molar-refractivity contribution is 5.39. The van der Waals surface area contributed by atoms with E-state index in [9.17, 15) is 0 Å². The molecule has 1 saturated carbocycles. The highest BCUT2D eigenvalue weighted by Crippen LogP contribution is 2.28. The van der Waals surface area contributed by atoms with Crippen molar-refractivity contribution in [3.8, 4) is 5.75 Å². The van der Waals surface area contributed by atoms with Crippen LogP contribution in [0.4, 0.5) is 0 Å². The van der Waals surface area contributed by atoms with Crippen LogP contribution in [0.2, 0.25) is 0 Å². The zero-order valence-corrected chi connectivity index (χ0v) is 12.2. The molecule has 0 saturated heterocycles. The Morgan fingerprint density at radius 3 is 3.10 bits per heavy atom. The molecule has 1 aliphatic heterocycles. The van der Waals surface area contributed by atoms with Crippen molar-refractivity contribution in [2.75, 3.05) is 32.9 Å². The lowest BCUT2D eigenvalue weighted by Gasteiger charge is -2.07. The number of hydrogen-bond donors (Lipinski definition) is 1. The van der Waals surface area contributed by atoms with E-state index in [0.29, 0.717) is 0 Å². The molecular formula is C17H25NO2. The molecule has 1 fully saturated rings. The Morgan fingerprint density at radius 2 is 2.20 bits per heavy atom. The summed E-state index contributed by atoms with van der Waals surface area (Å²) >= 11 is 0. The highest BCUT2D eigenvalue weighted by atomic mass is 16.5. The molecule has 3 heteroatoms. The van der Waals surface area contributed by atoms with Crippen LogP contribution in [0.5, 0.6) is 5.75 Å². The van der Waals surface area contributed by atoms with Crippen LogP contribution >= 0.6 is 0 Å². The third-order valence-corrected chi connectivity index (χ3v) is 4.04. The van der Waals surface area contributed by atoms with Crippen LogP contribution in [0.15, 0.2) is 18.2 Å². The van der Waals surface area contributed by atoms with Crippen LogP contribution in [-0.2, 0) is 17.6 Å². The van der Waals surface area contributed by atoms with Crippen molar-refractivity contribution in [3.63, 3.8) is 0 Å².